The van der Waals surface area contributed by atoms with Crippen LogP contribution in [-0.2, 0) is 4.74 Å². The fourth-order valence-electron chi connectivity index (χ4n) is 1.21. The van der Waals surface area contributed by atoms with E-state index < -0.39 is 0 Å². The molecule has 90 valence electrons. The van der Waals surface area contributed by atoms with E-state index in [9.17, 15) is 4.79 Å². The average Bonchev–Trinajstić information content (AvgIpc) is 2.70. The van der Waals surface area contributed by atoms with Gasteiger partial charge in [-0.1, -0.05) is 0 Å². The number of methoxy groups -OCH3 is 1. The maximum atomic E-state index is 11.5. The standard InChI is InChI=1S/C11H18N2O3/c1-9-3-4-10(16-9)11(14)13-6-5-12-7-8-15-2/h3-4,12H,5-8H2,1-2H3,(H,13,14). The summed E-state index contributed by atoms with van der Waals surface area (Å²) in [5.74, 6) is 0.916. The van der Waals surface area contributed by atoms with Crippen molar-refractivity contribution in [2.45, 2.75) is 6.92 Å². The molecule has 1 heterocycles. The number of nitrogens with one attached hydrogen (secondary N) is 2. The van der Waals surface area contributed by atoms with Crippen molar-refractivity contribution in [1.29, 1.82) is 0 Å². The third kappa shape index (κ3) is 4.46. The third-order valence-electron chi connectivity index (χ3n) is 2.03. The molecule has 0 aromatic carbocycles. The smallest absolute Gasteiger partial charge is 0.287 e. The lowest BCUT2D eigenvalue weighted by Crippen LogP contribution is -2.32. The Balaban J connectivity index is 2.11. The molecule has 0 fully saturated rings. The summed E-state index contributed by atoms with van der Waals surface area (Å²) in [6.07, 6.45) is 0. The first-order chi connectivity index (χ1) is 7.74. The Hall–Kier alpha value is -1.33. The lowest BCUT2D eigenvalue weighted by molar-refractivity contribution is 0.0924. The van der Waals surface area contributed by atoms with Crippen molar-refractivity contribution in [1.82, 2.24) is 10.6 Å². The monoisotopic (exact) mass is 226 g/mol. The molecule has 0 aliphatic heterocycles. The van der Waals surface area contributed by atoms with E-state index in [1.807, 2.05) is 6.92 Å². The maximum absolute atomic E-state index is 11.5. The van der Waals surface area contributed by atoms with Gasteiger partial charge in [-0.25, -0.2) is 0 Å². The van der Waals surface area contributed by atoms with E-state index in [0.717, 1.165) is 18.8 Å². The fourth-order valence-corrected chi connectivity index (χ4v) is 1.21. The topological polar surface area (TPSA) is 63.5 Å². The molecule has 0 bridgehead atoms. The van der Waals surface area contributed by atoms with Crippen LogP contribution in [0.1, 0.15) is 16.3 Å². The normalized spacial score (nSPS) is 10.4. The molecule has 0 aliphatic carbocycles. The molecule has 0 aliphatic rings. The Morgan fingerprint density at radius 2 is 2.19 bits per heavy atom. The number of rotatable bonds is 7. The van der Waals surface area contributed by atoms with Gasteiger partial charge >= 0.3 is 0 Å². The van der Waals surface area contributed by atoms with Crippen LogP contribution in [0.3, 0.4) is 0 Å². The molecule has 2 N–H and O–H groups in total. The summed E-state index contributed by atoms with van der Waals surface area (Å²) >= 11 is 0. The van der Waals surface area contributed by atoms with E-state index in [1.54, 1.807) is 19.2 Å². The summed E-state index contributed by atoms with van der Waals surface area (Å²) in [5, 5.41) is 5.88. The molecule has 0 atom stereocenters. The minimum Gasteiger partial charge on any atom is -0.456 e. The second kappa shape index (κ2) is 7.03. The van der Waals surface area contributed by atoms with Crippen LogP contribution in [0.2, 0.25) is 0 Å². The zero-order chi connectivity index (χ0) is 11.8. The van der Waals surface area contributed by atoms with Crippen LogP contribution in [0.5, 0.6) is 0 Å². The van der Waals surface area contributed by atoms with Crippen molar-refractivity contribution in [2.75, 3.05) is 33.4 Å². The number of furan rings is 1. The first-order valence-corrected chi connectivity index (χ1v) is 5.28. The highest BCUT2D eigenvalue weighted by atomic mass is 16.5. The molecule has 0 radical (unpaired) electrons. The molecule has 0 unspecified atom stereocenters. The Morgan fingerprint density at radius 1 is 1.38 bits per heavy atom. The number of aryl methyl sites for hydroxylation is 1. The second-order valence-corrected chi connectivity index (χ2v) is 3.41. The van der Waals surface area contributed by atoms with Gasteiger partial charge in [0, 0.05) is 26.7 Å². The molecule has 1 rings (SSSR count). The fraction of sp³-hybridized carbons (Fsp3) is 0.545. The number of ether oxygens (including phenoxy) is 1. The van der Waals surface area contributed by atoms with Gasteiger partial charge in [0.1, 0.15) is 5.76 Å². The van der Waals surface area contributed by atoms with Crippen molar-refractivity contribution in [3.63, 3.8) is 0 Å². The molecule has 0 saturated carbocycles. The lowest BCUT2D eigenvalue weighted by atomic mass is 10.4. The Labute approximate surface area is 95.2 Å². The van der Waals surface area contributed by atoms with Crippen LogP contribution in [0.4, 0.5) is 0 Å². The first-order valence-electron chi connectivity index (χ1n) is 5.28. The SMILES string of the molecule is COCCNCCNC(=O)c1ccc(C)o1. The Bertz CT molecular complexity index is 323. The van der Waals surface area contributed by atoms with Crippen molar-refractivity contribution >= 4 is 5.91 Å². The predicted molar refractivity (Wildman–Crippen MR) is 60.5 cm³/mol. The molecule has 16 heavy (non-hydrogen) atoms. The Kier molecular flexibility index (Phi) is 5.60. The largest absolute Gasteiger partial charge is 0.456 e. The lowest BCUT2D eigenvalue weighted by Gasteiger charge is -2.04. The summed E-state index contributed by atoms with van der Waals surface area (Å²) in [6.45, 7) is 4.55. The average molecular weight is 226 g/mol. The van der Waals surface area contributed by atoms with Crippen molar-refractivity contribution in [2.24, 2.45) is 0 Å². The second-order valence-electron chi connectivity index (χ2n) is 3.41. The van der Waals surface area contributed by atoms with Crippen LogP contribution in [0.15, 0.2) is 16.5 Å². The maximum Gasteiger partial charge on any atom is 0.287 e. The molecule has 0 spiro atoms. The molecule has 1 aromatic rings. The van der Waals surface area contributed by atoms with Crippen molar-refractivity contribution < 1.29 is 13.9 Å². The predicted octanol–water partition coefficient (Wildman–Crippen LogP) is 0.554. The highest BCUT2D eigenvalue weighted by Gasteiger charge is 2.08. The van der Waals surface area contributed by atoms with E-state index in [1.165, 1.54) is 0 Å². The minimum atomic E-state index is -0.179. The summed E-state index contributed by atoms with van der Waals surface area (Å²) in [4.78, 5) is 11.5. The summed E-state index contributed by atoms with van der Waals surface area (Å²) in [6, 6.07) is 3.44. The Morgan fingerprint density at radius 3 is 2.81 bits per heavy atom. The number of hydrogen-bond donors (Lipinski definition) is 2. The van der Waals surface area contributed by atoms with E-state index in [4.69, 9.17) is 9.15 Å². The van der Waals surface area contributed by atoms with Gasteiger partial charge in [0.05, 0.1) is 6.61 Å². The van der Waals surface area contributed by atoms with Crippen molar-refractivity contribution in [3.8, 4) is 0 Å². The van der Waals surface area contributed by atoms with Crippen LogP contribution >= 0.6 is 0 Å². The van der Waals surface area contributed by atoms with E-state index in [-0.39, 0.29) is 5.91 Å². The molecule has 5 nitrogen and oxygen atoms in total. The van der Waals surface area contributed by atoms with E-state index in [2.05, 4.69) is 10.6 Å². The molecule has 1 aromatic heterocycles. The van der Waals surface area contributed by atoms with Crippen LogP contribution in [0, 0.1) is 6.92 Å². The van der Waals surface area contributed by atoms with Gasteiger partial charge in [-0.05, 0) is 19.1 Å². The molecule has 5 heteroatoms. The third-order valence-corrected chi connectivity index (χ3v) is 2.03. The minimum absolute atomic E-state index is 0.179. The summed E-state index contributed by atoms with van der Waals surface area (Å²) < 4.78 is 10.1. The summed E-state index contributed by atoms with van der Waals surface area (Å²) in [7, 11) is 1.66. The molecular formula is C11H18N2O3. The van der Waals surface area contributed by atoms with Gasteiger partial charge in [0.25, 0.3) is 5.91 Å². The summed E-state index contributed by atoms with van der Waals surface area (Å²) in [5.41, 5.74) is 0. The van der Waals surface area contributed by atoms with Crippen LogP contribution in [-0.4, -0.2) is 39.3 Å². The van der Waals surface area contributed by atoms with E-state index in [0.29, 0.717) is 18.9 Å². The zero-order valence-corrected chi connectivity index (χ0v) is 9.71. The van der Waals surface area contributed by atoms with Crippen LogP contribution in [0.25, 0.3) is 0 Å². The van der Waals surface area contributed by atoms with Gasteiger partial charge in [-0.15, -0.1) is 0 Å². The molecule has 0 saturated heterocycles. The van der Waals surface area contributed by atoms with Gasteiger partial charge in [-0.3, -0.25) is 4.79 Å². The highest BCUT2D eigenvalue weighted by Crippen LogP contribution is 2.05. The van der Waals surface area contributed by atoms with E-state index >= 15 is 0 Å². The number of carbonyl (C=O) groups is 1. The molecular weight excluding hydrogens is 208 g/mol. The van der Waals surface area contributed by atoms with Crippen molar-refractivity contribution in [3.05, 3.63) is 23.7 Å². The quantitative estimate of drug-likeness (QED) is 0.667. The first kappa shape index (κ1) is 12.7. The van der Waals surface area contributed by atoms with Gasteiger partial charge < -0.3 is 19.8 Å². The number of carbonyl (C=O) groups excluding carboxylic acids is 1. The van der Waals surface area contributed by atoms with Gasteiger partial charge in [0.15, 0.2) is 5.76 Å². The molecule has 1 amide bonds. The van der Waals surface area contributed by atoms with Crippen LogP contribution < -0.4 is 10.6 Å². The van der Waals surface area contributed by atoms with Gasteiger partial charge in [0.2, 0.25) is 0 Å². The zero-order valence-electron chi connectivity index (χ0n) is 9.71. The highest BCUT2D eigenvalue weighted by molar-refractivity contribution is 5.91. The number of hydrogen-bond acceptors (Lipinski definition) is 4. The number of amides is 1. The van der Waals surface area contributed by atoms with Gasteiger partial charge in [-0.2, -0.15) is 0 Å².